The van der Waals surface area contributed by atoms with Gasteiger partial charge in [0, 0.05) is 0 Å². The van der Waals surface area contributed by atoms with E-state index < -0.39 is 4.87 Å². The molecule has 0 unspecified atom stereocenters. The Labute approximate surface area is 91.3 Å². The van der Waals surface area contributed by atoms with E-state index in [4.69, 9.17) is 16.8 Å². The number of hydrogen-bond acceptors (Lipinski definition) is 2. The Hall–Kier alpha value is -0.240. The maximum Gasteiger partial charge on any atom is 0.0830 e. The van der Waals surface area contributed by atoms with E-state index in [0.29, 0.717) is 5.41 Å². The van der Waals surface area contributed by atoms with Crippen molar-refractivity contribution < 1.29 is 5.21 Å². The molecule has 1 aliphatic rings. The molecule has 0 bridgehead atoms. The van der Waals surface area contributed by atoms with Gasteiger partial charge in [0.2, 0.25) is 0 Å². The predicted molar refractivity (Wildman–Crippen MR) is 60.3 cm³/mol. The number of oxime groups is 1. The van der Waals surface area contributed by atoms with Crippen LogP contribution in [0.3, 0.4) is 0 Å². The molecular formula is C11H20ClNO. The number of rotatable bonds is 1. The molecule has 1 N–H and O–H groups in total. The highest BCUT2D eigenvalue weighted by molar-refractivity contribution is 6.32. The quantitative estimate of drug-likeness (QED) is 0.309. The molecule has 0 aromatic rings. The second-order valence-electron chi connectivity index (χ2n) is 5.42. The number of alkyl halides is 1. The Bertz CT molecular complexity index is 212. The van der Waals surface area contributed by atoms with E-state index in [9.17, 15) is 0 Å². The molecule has 0 saturated heterocycles. The Balaban J connectivity index is 2.54. The van der Waals surface area contributed by atoms with E-state index in [-0.39, 0.29) is 0 Å². The molecule has 82 valence electrons. The van der Waals surface area contributed by atoms with Crippen molar-refractivity contribution in [1.82, 2.24) is 0 Å². The van der Waals surface area contributed by atoms with Gasteiger partial charge in [-0.2, -0.15) is 0 Å². The van der Waals surface area contributed by atoms with E-state index in [1.54, 1.807) is 0 Å². The van der Waals surface area contributed by atoms with Gasteiger partial charge in [0.05, 0.1) is 11.1 Å². The predicted octanol–water partition coefficient (Wildman–Crippen LogP) is 3.66. The molecule has 1 aliphatic carbocycles. The molecule has 0 amide bonds. The summed E-state index contributed by atoms with van der Waals surface area (Å²) in [6.45, 7) is 6.83. The van der Waals surface area contributed by atoms with Crippen molar-refractivity contribution in [2.45, 2.75) is 51.3 Å². The van der Waals surface area contributed by atoms with Crippen LogP contribution in [0.25, 0.3) is 0 Å². The molecule has 0 aromatic heterocycles. The molecule has 14 heavy (non-hydrogen) atoms. The largest absolute Gasteiger partial charge is 0.411 e. The summed E-state index contributed by atoms with van der Waals surface area (Å²) in [7, 11) is 0. The summed E-state index contributed by atoms with van der Waals surface area (Å²) in [6.07, 6.45) is 5.56. The Kier molecular flexibility index (Phi) is 3.46. The average molecular weight is 218 g/mol. The highest BCUT2D eigenvalue weighted by Crippen LogP contribution is 2.43. The van der Waals surface area contributed by atoms with Gasteiger partial charge in [0.15, 0.2) is 0 Å². The van der Waals surface area contributed by atoms with Crippen molar-refractivity contribution in [3.8, 4) is 0 Å². The zero-order chi connectivity index (χ0) is 10.8. The van der Waals surface area contributed by atoms with Crippen LogP contribution < -0.4 is 0 Å². The van der Waals surface area contributed by atoms with Crippen LogP contribution in [0.15, 0.2) is 5.16 Å². The third-order valence-corrected chi connectivity index (χ3v) is 3.81. The minimum absolute atomic E-state index is 0.370. The highest BCUT2D eigenvalue weighted by atomic mass is 35.5. The van der Waals surface area contributed by atoms with Crippen LogP contribution >= 0.6 is 11.6 Å². The first-order valence-electron chi connectivity index (χ1n) is 5.25. The summed E-state index contributed by atoms with van der Waals surface area (Å²) < 4.78 is 0. The molecule has 0 spiro atoms. The van der Waals surface area contributed by atoms with Crippen LogP contribution in [0.5, 0.6) is 0 Å². The van der Waals surface area contributed by atoms with Crippen LogP contribution in [-0.4, -0.2) is 16.3 Å². The minimum atomic E-state index is -0.392. The van der Waals surface area contributed by atoms with Gasteiger partial charge >= 0.3 is 0 Å². The van der Waals surface area contributed by atoms with Crippen LogP contribution in [0.1, 0.15) is 46.5 Å². The van der Waals surface area contributed by atoms with E-state index >= 15 is 0 Å². The summed E-state index contributed by atoms with van der Waals surface area (Å²) in [6, 6.07) is 0. The van der Waals surface area contributed by atoms with Crippen LogP contribution in [0.2, 0.25) is 0 Å². The Morgan fingerprint density at radius 3 is 2.21 bits per heavy atom. The highest BCUT2D eigenvalue weighted by Gasteiger charge is 2.36. The SMILES string of the molecule is CC(C)(C)C1CCC(Cl)(C=NO)CC1. The van der Waals surface area contributed by atoms with E-state index in [1.807, 2.05) is 0 Å². The average Bonchev–Trinajstić information content (AvgIpc) is 2.03. The zero-order valence-electron chi connectivity index (χ0n) is 9.26. The van der Waals surface area contributed by atoms with Crippen LogP contribution in [0.4, 0.5) is 0 Å². The van der Waals surface area contributed by atoms with Gasteiger partial charge in [-0.15, -0.1) is 16.8 Å². The maximum absolute atomic E-state index is 8.49. The van der Waals surface area contributed by atoms with Crippen LogP contribution in [-0.2, 0) is 0 Å². The zero-order valence-corrected chi connectivity index (χ0v) is 10.0. The second-order valence-corrected chi connectivity index (χ2v) is 6.17. The van der Waals surface area contributed by atoms with Crippen molar-refractivity contribution in [3.05, 3.63) is 0 Å². The number of hydrogen-bond donors (Lipinski definition) is 1. The summed E-state index contributed by atoms with van der Waals surface area (Å²) in [5.41, 5.74) is 0.370. The molecule has 1 rings (SSSR count). The van der Waals surface area contributed by atoms with E-state index in [1.165, 1.54) is 6.21 Å². The van der Waals surface area contributed by atoms with Gasteiger partial charge < -0.3 is 5.21 Å². The smallest absolute Gasteiger partial charge is 0.0830 e. The monoisotopic (exact) mass is 217 g/mol. The number of nitrogens with zero attached hydrogens (tertiary/aromatic N) is 1. The van der Waals surface area contributed by atoms with Crippen LogP contribution in [0, 0.1) is 11.3 Å². The Morgan fingerprint density at radius 2 is 1.86 bits per heavy atom. The summed E-state index contributed by atoms with van der Waals surface area (Å²) in [4.78, 5) is -0.392. The van der Waals surface area contributed by atoms with Crippen molar-refractivity contribution in [2.24, 2.45) is 16.5 Å². The second kappa shape index (κ2) is 4.09. The lowest BCUT2D eigenvalue weighted by Crippen LogP contribution is -2.34. The maximum atomic E-state index is 8.49. The third-order valence-electron chi connectivity index (χ3n) is 3.33. The van der Waals surface area contributed by atoms with Gasteiger partial charge in [-0.05, 0) is 37.0 Å². The van der Waals surface area contributed by atoms with E-state index in [2.05, 4.69) is 25.9 Å². The molecule has 0 radical (unpaired) electrons. The Morgan fingerprint density at radius 1 is 1.36 bits per heavy atom. The molecule has 0 heterocycles. The molecule has 1 fully saturated rings. The third kappa shape index (κ3) is 2.88. The molecule has 0 aliphatic heterocycles. The first kappa shape index (κ1) is 11.8. The molecule has 2 nitrogen and oxygen atoms in total. The lowest BCUT2D eigenvalue weighted by atomic mass is 9.70. The van der Waals surface area contributed by atoms with Gasteiger partial charge in [0.25, 0.3) is 0 Å². The molecule has 0 aromatic carbocycles. The first-order valence-corrected chi connectivity index (χ1v) is 5.63. The fourth-order valence-electron chi connectivity index (χ4n) is 2.20. The summed E-state index contributed by atoms with van der Waals surface area (Å²) >= 11 is 6.28. The van der Waals surface area contributed by atoms with E-state index in [0.717, 1.165) is 31.6 Å². The fraction of sp³-hybridized carbons (Fsp3) is 0.909. The standard InChI is InChI=1S/C11H20ClNO/c1-10(2,3)9-4-6-11(12,7-5-9)8-13-14/h8-9,14H,4-7H2,1-3H3. The molecule has 0 atom stereocenters. The van der Waals surface area contributed by atoms with Crippen molar-refractivity contribution in [3.63, 3.8) is 0 Å². The molecular weight excluding hydrogens is 198 g/mol. The fourth-order valence-corrected chi connectivity index (χ4v) is 2.46. The van der Waals surface area contributed by atoms with Crippen molar-refractivity contribution >= 4 is 17.8 Å². The van der Waals surface area contributed by atoms with Crippen molar-refractivity contribution in [2.75, 3.05) is 0 Å². The normalized spacial score (nSPS) is 35.0. The first-order chi connectivity index (χ1) is 6.37. The number of halogens is 1. The lowest BCUT2D eigenvalue weighted by Gasteiger charge is -2.39. The summed E-state index contributed by atoms with van der Waals surface area (Å²) in [5, 5.41) is 11.6. The summed E-state index contributed by atoms with van der Waals surface area (Å²) in [5.74, 6) is 0.737. The van der Waals surface area contributed by atoms with Gasteiger partial charge in [-0.25, -0.2) is 0 Å². The van der Waals surface area contributed by atoms with Gasteiger partial charge in [-0.1, -0.05) is 20.8 Å². The van der Waals surface area contributed by atoms with Gasteiger partial charge in [-0.3, -0.25) is 0 Å². The molecule has 1 saturated carbocycles. The lowest BCUT2D eigenvalue weighted by molar-refractivity contribution is 0.172. The van der Waals surface area contributed by atoms with Crippen molar-refractivity contribution in [1.29, 1.82) is 0 Å². The minimum Gasteiger partial charge on any atom is -0.411 e. The molecule has 3 heteroatoms. The van der Waals surface area contributed by atoms with Gasteiger partial charge in [0.1, 0.15) is 0 Å². The topological polar surface area (TPSA) is 32.6 Å².